The molecule has 1 fully saturated rings. The van der Waals surface area contributed by atoms with Crippen LogP contribution in [0.25, 0.3) is 0 Å². The van der Waals surface area contributed by atoms with Crippen LogP contribution < -0.4 is 5.32 Å². The number of nitrogens with one attached hydrogen (secondary N) is 1. The van der Waals surface area contributed by atoms with Crippen molar-refractivity contribution >= 4 is 21.2 Å². The normalized spacial score (nSPS) is 26.1. The fraction of sp³-hybridized carbons (Fsp3) is 0.600. The molecule has 1 aromatic heterocycles. The molecule has 2 heterocycles. The summed E-state index contributed by atoms with van der Waals surface area (Å²) in [5.74, 6) is 0.565. The van der Waals surface area contributed by atoms with E-state index >= 15 is 0 Å². The molecule has 5 heteroatoms. The molecule has 1 unspecified atom stereocenters. The first-order valence-corrected chi connectivity index (χ1v) is 7.76. The zero-order chi connectivity index (χ0) is 10.9. The standard InChI is InChI=1S/C10H15NO2S2/c1-8-3-5-14-10(8)9-7-15(12,13)6-2-4-11-9/h3,5,9,11H,2,4,6-7H2,1H3. The second-order valence-electron chi connectivity index (χ2n) is 3.94. The average molecular weight is 245 g/mol. The van der Waals surface area contributed by atoms with Crippen LogP contribution in [-0.2, 0) is 9.84 Å². The molecule has 0 spiro atoms. The first-order chi connectivity index (χ1) is 7.08. The van der Waals surface area contributed by atoms with Crippen molar-refractivity contribution in [3.8, 4) is 0 Å². The van der Waals surface area contributed by atoms with Gasteiger partial charge >= 0.3 is 0 Å². The summed E-state index contributed by atoms with van der Waals surface area (Å²) in [6, 6.07) is 2.04. The van der Waals surface area contributed by atoms with Crippen molar-refractivity contribution in [1.82, 2.24) is 5.32 Å². The Kier molecular flexibility index (Phi) is 3.13. The summed E-state index contributed by atoms with van der Waals surface area (Å²) in [6.07, 6.45) is 0.725. The van der Waals surface area contributed by atoms with E-state index in [9.17, 15) is 8.42 Å². The van der Waals surface area contributed by atoms with Gasteiger partial charge in [0.15, 0.2) is 9.84 Å². The molecule has 1 N–H and O–H groups in total. The fourth-order valence-corrected chi connectivity index (χ4v) is 4.53. The zero-order valence-electron chi connectivity index (χ0n) is 8.69. The van der Waals surface area contributed by atoms with Gasteiger partial charge in [0.1, 0.15) is 0 Å². The Morgan fingerprint density at radius 2 is 2.33 bits per heavy atom. The highest BCUT2D eigenvalue weighted by Crippen LogP contribution is 2.26. The van der Waals surface area contributed by atoms with Crippen LogP contribution in [0.1, 0.15) is 22.9 Å². The summed E-state index contributed by atoms with van der Waals surface area (Å²) < 4.78 is 23.3. The Labute approximate surface area is 94.4 Å². The summed E-state index contributed by atoms with van der Waals surface area (Å²) in [7, 11) is -2.87. The lowest BCUT2D eigenvalue weighted by Crippen LogP contribution is -2.24. The first kappa shape index (κ1) is 11.1. The fourth-order valence-electron chi connectivity index (χ4n) is 1.87. The lowest BCUT2D eigenvalue weighted by Gasteiger charge is -2.14. The number of rotatable bonds is 1. The third-order valence-corrected chi connectivity index (χ3v) is 5.55. The maximum atomic E-state index is 11.7. The Bertz CT molecular complexity index is 436. The van der Waals surface area contributed by atoms with Gasteiger partial charge in [0, 0.05) is 4.88 Å². The molecule has 0 amide bonds. The Hall–Kier alpha value is -0.390. The molecular formula is C10H15NO2S2. The van der Waals surface area contributed by atoms with Gasteiger partial charge in [-0.3, -0.25) is 0 Å². The van der Waals surface area contributed by atoms with Gasteiger partial charge in [-0.2, -0.15) is 0 Å². The Morgan fingerprint density at radius 1 is 1.53 bits per heavy atom. The van der Waals surface area contributed by atoms with Crippen LogP contribution in [0.2, 0.25) is 0 Å². The van der Waals surface area contributed by atoms with Crippen molar-refractivity contribution in [2.45, 2.75) is 19.4 Å². The highest BCUT2D eigenvalue weighted by molar-refractivity contribution is 7.91. The van der Waals surface area contributed by atoms with Gasteiger partial charge in [0.2, 0.25) is 0 Å². The predicted molar refractivity (Wildman–Crippen MR) is 63.1 cm³/mol. The lowest BCUT2D eigenvalue weighted by atomic mass is 10.2. The third-order valence-electron chi connectivity index (χ3n) is 2.66. The zero-order valence-corrected chi connectivity index (χ0v) is 10.3. The molecule has 1 saturated heterocycles. The number of aryl methyl sites for hydroxylation is 1. The van der Waals surface area contributed by atoms with Crippen LogP contribution in [0.3, 0.4) is 0 Å². The first-order valence-electron chi connectivity index (χ1n) is 5.06. The van der Waals surface area contributed by atoms with E-state index < -0.39 is 9.84 Å². The molecule has 0 aliphatic carbocycles. The monoisotopic (exact) mass is 245 g/mol. The molecule has 0 bridgehead atoms. The lowest BCUT2D eigenvalue weighted by molar-refractivity contribution is 0.575. The molecule has 3 nitrogen and oxygen atoms in total. The molecule has 2 rings (SSSR count). The van der Waals surface area contributed by atoms with Crippen LogP contribution in [-0.4, -0.2) is 26.5 Å². The van der Waals surface area contributed by atoms with E-state index in [0.29, 0.717) is 5.75 Å². The topological polar surface area (TPSA) is 46.2 Å². The second-order valence-corrected chi connectivity index (χ2v) is 7.12. The summed E-state index contributed by atoms with van der Waals surface area (Å²) in [6.45, 7) is 2.83. The van der Waals surface area contributed by atoms with E-state index in [1.165, 1.54) is 10.4 Å². The van der Waals surface area contributed by atoms with Crippen molar-refractivity contribution in [2.75, 3.05) is 18.1 Å². The number of sulfone groups is 1. The smallest absolute Gasteiger partial charge is 0.152 e. The summed E-state index contributed by atoms with van der Waals surface area (Å²) in [4.78, 5) is 1.17. The third kappa shape index (κ3) is 2.59. The molecule has 0 radical (unpaired) electrons. The van der Waals surface area contributed by atoms with Crippen molar-refractivity contribution in [2.24, 2.45) is 0 Å². The summed E-state index contributed by atoms with van der Waals surface area (Å²) in [5, 5.41) is 5.33. The minimum absolute atomic E-state index is 0.00231. The number of hydrogen-bond acceptors (Lipinski definition) is 4. The quantitative estimate of drug-likeness (QED) is 0.815. The van der Waals surface area contributed by atoms with Gasteiger partial charge in [-0.15, -0.1) is 11.3 Å². The van der Waals surface area contributed by atoms with E-state index in [0.717, 1.165) is 13.0 Å². The second kappa shape index (κ2) is 4.23. The van der Waals surface area contributed by atoms with Gasteiger partial charge in [-0.05, 0) is 36.9 Å². The van der Waals surface area contributed by atoms with E-state index in [2.05, 4.69) is 5.32 Å². The predicted octanol–water partition coefficient (Wildman–Crippen LogP) is 1.51. The van der Waals surface area contributed by atoms with E-state index in [1.807, 2.05) is 18.4 Å². The van der Waals surface area contributed by atoms with E-state index in [-0.39, 0.29) is 11.8 Å². The highest BCUT2D eigenvalue weighted by Gasteiger charge is 2.25. The Morgan fingerprint density at radius 3 is 3.00 bits per heavy atom. The molecule has 0 aromatic carbocycles. The summed E-state index contributed by atoms with van der Waals surface area (Å²) in [5.41, 5.74) is 1.19. The summed E-state index contributed by atoms with van der Waals surface area (Å²) >= 11 is 1.64. The molecule has 1 atom stereocenters. The molecule has 1 aromatic rings. The molecule has 1 aliphatic rings. The average Bonchev–Trinajstić information content (AvgIpc) is 2.48. The number of hydrogen-bond donors (Lipinski definition) is 1. The van der Waals surface area contributed by atoms with Crippen LogP contribution in [0.4, 0.5) is 0 Å². The highest BCUT2D eigenvalue weighted by atomic mass is 32.2. The Balaban J connectivity index is 2.26. The minimum Gasteiger partial charge on any atom is -0.308 e. The minimum atomic E-state index is -2.87. The van der Waals surface area contributed by atoms with Gasteiger partial charge in [-0.25, -0.2) is 8.42 Å². The molecular weight excluding hydrogens is 230 g/mol. The largest absolute Gasteiger partial charge is 0.308 e. The molecule has 1 aliphatic heterocycles. The van der Waals surface area contributed by atoms with Crippen molar-refractivity contribution in [3.05, 3.63) is 21.9 Å². The maximum Gasteiger partial charge on any atom is 0.152 e. The van der Waals surface area contributed by atoms with Crippen molar-refractivity contribution < 1.29 is 8.42 Å². The van der Waals surface area contributed by atoms with Crippen LogP contribution in [0, 0.1) is 6.92 Å². The van der Waals surface area contributed by atoms with E-state index in [1.54, 1.807) is 11.3 Å². The molecule has 0 saturated carbocycles. The van der Waals surface area contributed by atoms with Gasteiger partial charge in [0.05, 0.1) is 17.5 Å². The van der Waals surface area contributed by atoms with Crippen LogP contribution in [0.5, 0.6) is 0 Å². The van der Waals surface area contributed by atoms with Crippen LogP contribution in [0.15, 0.2) is 11.4 Å². The number of thiophene rings is 1. The van der Waals surface area contributed by atoms with Gasteiger partial charge in [-0.1, -0.05) is 0 Å². The SMILES string of the molecule is Cc1ccsc1C1CS(=O)(=O)CCCN1. The maximum absolute atomic E-state index is 11.7. The molecule has 84 valence electrons. The van der Waals surface area contributed by atoms with Crippen LogP contribution >= 0.6 is 11.3 Å². The van der Waals surface area contributed by atoms with E-state index in [4.69, 9.17) is 0 Å². The van der Waals surface area contributed by atoms with Crippen molar-refractivity contribution in [3.63, 3.8) is 0 Å². The van der Waals surface area contributed by atoms with Gasteiger partial charge in [0.25, 0.3) is 0 Å². The van der Waals surface area contributed by atoms with Crippen molar-refractivity contribution in [1.29, 1.82) is 0 Å². The molecule has 15 heavy (non-hydrogen) atoms. The van der Waals surface area contributed by atoms with Gasteiger partial charge < -0.3 is 5.32 Å².